The number of allylic oxidation sites excluding steroid dienone is 1. The number of hydrogen-bond donors (Lipinski definition) is 0. The third-order valence-electron chi connectivity index (χ3n) is 1.45. The molecule has 1 heterocycles. The van der Waals surface area contributed by atoms with Gasteiger partial charge in [0.1, 0.15) is 0 Å². The van der Waals surface area contributed by atoms with E-state index in [9.17, 15) is 4.79 Å². The lowest BCUT2D eigenvalue weighted by molar-refractivity contribution is -0.134. The summed E-state index contributed by atoms with van der Waals surface area (Å²) in [4.78, 5) is 10.8. The standard InChI is InChI=1S/C8H11N3O2/c1-7(5-8(12)13-2)6-11-4-3-9-10-11/h3-5H,6H2,1-2H3/b7-5+. The van der Waals surface area contributed by atoms with Crippen LogP contribution in [-0.2, 0) is 16.1 Å². The SMILES string of the molecule is COC(=O)/C=C(\C)Cn1ccnn1. The zero-order chi connectivity index (χ0) is 9.68. The smallest absolute Gasteiger partial charge is 0.330 e. The number of aromatic nitrogens is 3. The number of ether oxygens (including phenoxy) is 1. The van der Waals surface area contributed by atoms with Gasteiger partial charge in [0.15, 0.2) is 0 Å². The van der Waals surface area contributed by atoms with Gasteiger partial charge in [0.05, 0.1) is 19.9 Å². The van der Waals surface area contributed by atoms with Gasteiger partial charge >= 0.3 is 5.97 Å². The quantitative estimate of drug-likeness (QED) is 0.500. The van der Waals surface area contributed by atoms with E-state index in [1.807, 2.05) is 6.92 Å². The zero-order valence-electron chi connectivity index (χ0n) is 7.60. The molecule has 0 aromatic carbocycles. The molecule has 0 amide bonds. The summed E-state index contributed by atoms with van der Waals surface area (Å²) < 4.78 is 6.11. The molecule has 5 nitrogen and oxygen atoms in total. The Morgan fingerprint density at radius 1 is 1.69 bits per heavy atom. The van der Waals surface area contributed by atoms with E-state index in [0.717, 1.165) is 5.57 Å². The number of rotatable bonds is 3. The van der Waals surface area contributed by atoms with Gasteiger partial charge in [0, 0.05) is 12.3 Å². The van der Waals surface area contributed by atoms with Crippen LogP contribution in [0.5, 0.6) is 0 Å². The summed E-state index contributed by atoms with van der Waals surface area (Å²) >= 11 is 0. The summed E-state index contributed by atoms with van der Waals surface area (Å²) in [6.07, 6.45) is 4.75. The predicted octanol–water partition coefficient (Wildman–Crippen LogP) is 0.397. The van der Waals surface area contributed by atoms with E-state index in [4.69, 9.17) is 0 Å². The Balaban J connectivity index is 2.55. The van der Waals surface area contributed by atoms with Gasteiger partial charge in [-0.05, 0) is 12.5 Å². The molecule has 0 saturated heterocycles. The number of methoxy groups -OCH3 is 1. The Hall–Kier alpha value is -1.65. The third-order valence-corrected chi connectivity index (χ3v) is 1.45. The molecule has 1 rings (SSSR count). The van der Waals surface area contributed by atoms with Crippen molar-refractivity contribution in [2.24, 2.45) is 0 Å². The van der Waals surface area contributed by atoms with E-state index >= 15 is 0 Å². The first-order valence-electron chi connectivity index (χ1n) is 3.81. The summed E-state index contributed by atoms with van der Waals surface area (Å²) in [5, 5.41) is 7.41. The van der Waals surface area contributed by atoms with Crippen molar-refractivity contribution in [3.05, 3.63) is 24.0 Å². The van der Waals surface area contributed by atoms with Crippen LogP contribution in [-0.4, -0.2) is 28.1 Å². The molecular weight excluding hydrogens is 170 g/mol. The maximum atomic E-state index is 10.8. The lowest BCUT2D eigenvalue weighted by Gasteiger charge is -1.99. The van der Waals surface area contributed by atoms with Crippen molar-refractivity contribution in [3.63, 3.8) is 0 Å². The van der Waals surface area contributed by atoms with Crippen LogP contribution in [0.2, 0.25) is 0 Å². The molecule has 0 bridgehead atoms. The second-order valence-corrected chi connectivity index (χ2v) is 2.61. The minimum Gasteiger partial charge on any atom is -0.466 e. The second-order valence-electron chi connectivity index (χ2n) is 2.61. The summed E-state index contributed by atoms with van der Waals surface area (Å²) in [7, 11) is 1.35. The zero-order valence-corrected chi connectivity index (χ0v) is 7.60. The van der Waals surface area contributed by atoms with Crippen molar-refractivity contribution >= 4 is 5.97 Å². The maximum Gasteiger partial charge on any atom is 0.330 e. The fourth-order valence-corrected chi connectivity index (χ4v) is 0.878. The molecule has 0 aliphatic rings. The molecule has 0 N–H and O–H groups in total. The van der Waals surface area contributed by atoms with E-state index < -0.39 is 0 Å². The highest BCUT2D eigenvalue weighted by molar-refractivity contribution is 5.82. The van der Waals surface area contributed by atoms with Crippen molar-refractivity contribution in [1.82, 2.24) is 15.0 Å². The topological polar surface area (TPSA) is 57.0 Å². The van der Waals surface area contributed by atoms with Gasteiger partial charge in [0.25, 0.3) is 0 Å². The largest absolute Gasteiger partial charge is 0.466 e. The minimum absolute atomic E-state index is 0.349. The Bertz CT molecular complexity index is 303. The third kappa shape index (κ3) is 3.06. The molecule has 0 aliphatic carbocycles. The van der Waals surface area contributed by atoms with Gasteiger partial charge in [-0.2, -0.15) is 0 Å². The Labute approximate surface area is 76.0 Å². The highest BCUT2D eigenvalue weighted by Gasteiger charge is 1.97. The van der Waals surface area contributed by atoms with Crippen LogP contribution < -0.4 is 0 Å². The van der Waals surface area contributed by atoms with E-state index in [-0.39, 0.29) is 5.97 Å². The van der Waals surface area contributed by atoms with Crippen LogP contribution in [0.15, 0.2) is 24.0 Å². The molecule has 0 unspecified atom stereocenters. The van der Waals surface area contributed by atoms with Crippen molar-refractivity contribution < 1.29 is 9.53 Å². The molecule has 70 valence electrons. The van der Waals surface area contributed by atoms with Crippen LogP contribution in [0.25, 0.3) is 0 Å². The summed E-state index contributed by atoms with van der Waals surface area (Å²) in [6, 6.07) is 0. The van der Waals surface area contributed by atoms with Crippen LogP contribution in [0.3, 0.4) is 0 Å². The number of hydrogen-bond acceptors (Lipinski definition) is 4. The van der Waals surface area contributed by atoms with Gasteiger partial charge in [-0.25, -0.2) is 9.48 Å². The van der Waals surface area contributed by atoms with E-state index in [1.54, 1.807) is 17.1 Å². The first-order chi connectivity index (χ1) is 6.22. The van der Waals surface area contributed by atoms with E-state index in [1.165, 1.54) is 13.2 Å². The summed E-state index contributed by atoms with van der Waals surface area (Å²) in [5.74, 6) is -0.349. The van der Waals surface area contributed by atoms with Crippen molar-refractivity contribution in [2.45, 2.75) is 13.5 Å². The molecule has 0 fully saturated rings. The average Bonchev–Trinajstić information content (AvgIpc) is 2.56. The van der Waals surface area contributed by atoms with Gasteiger partial charge in [-0.1, -0.05) is 5.21 Å². The van der Waals surface area contributed by atoms with Crippen LogP contribution >= 0.6 is 0 Å². The maximum absolute atomic E-state index is 10.8. The first-order valence-corrected chi connectivity index (χ1v) is 3.81. The summed E-state index contributed by atoms with van der Waals surface area (Å²) in [6.45, 7) is 2.38. The monoisotopic (exact) mass is 181 g/mol. The molecule has 0 spiro atoms. The molecule has 0 saturated carbocycles. The molecule has 0 radical (unpaired) electrons. The Morgan fingerprint density at radius 2 is 2.46 bits per heavy atom. The van der Waals surface area contributed by atoms with E-state index in [2.05, 4.69) is 15.0 Å². The Kier molecular flexibility index (Phi) is 3.19. The van der Waals surface area contributed by atoms with E-state index in [0.29, 0.717) is 6.54 Å². The number of esters is 1. The average molecular weight is 181 g/mol. The summed E-state index contributed by atoms with van der Waals surface area (Å²) in [5.41, 5.74) is 0.873. The predicted molar refractivity (Wildman–Crippen MR) is 45.8 cm³/mol. The number of carbonyl (C=O) groups is 1. The van der Waals surface area contributed by atoms with Gasteiger partial charge in [-0.15, -0.1) is 5.10 Å². The number of nitrogens with zero attached hydrogens (tertiary/aromatic N) is 3. The molecule has 1 aromatic heterocycles. The second kappa shape index (κ2) is 4.39. The lowest BCUT2D eigenvalue weighted by atomic mass is 10.3. The highest BCUT2D eigenvalue weighted by atomic mass is 16.5. The van der Waals surface area contributed by atoms with Gasteiger partial charge in [-0.3, -0.25) is 0 Å². The Morgan fingerprint density at radius 3 is 3.00 bits per heavy atom. The van der Waals surface area contributed by atoms with Crippen molar-refractivity contribution in [3.8, 4) is 0 Å². The molecular formula is C8H11N3O2. The van der Waals surface area contributed by atoms with Crippen molar-refractivity contribution in [1.29, 1.82) is 0 Å². The van der Waals surface area contributed by atoms with Crippen molar-refractivity contribution in [2.75, 3.05) is 7.11 Å². The molecule has 0 aliphatic heterocycles. The highest BCUT2D eigenvalue weighted by Crippen LogP contribution is 1.97. The van der Waals surface area contributed by atoms with Crippen LogP contribution in [0, 0.1) is 0 Å². The minimum atomic E-state index is -0.349. The molecule has 1 aromatic rings. The van der Waals surface area contributed by atoms with Crippen LogP contribution in [0.4, 0.5) is 0 Å². The fraction of sp³-hybridized carbons (Fsp3) is 0.375. The first kappa shape index (κ1) is 9.44. The fourth-order valence-electron chi connectivity index (χ4n) is 0.878. The van der Waals surface area contributed by atoms with Crippen LogP contribution in [0.1, 0.15) is 6.92 Å². The lowest BCUT2D eigenvalue weighted by Crippen LogP contribution is -2.03. The molecule has 13 heavy (non-hydrogen) atoms. The molecule has 5 heteroatoms. The normalized spacial score (nSPS) is 11.4. The van der Waals surface area contributed by atoms with Gasteiger partial charge in [0.2, 0.25) is 0 Å². The molecule has 0 atom stereocenters. The van der Waals surface area contributed by atoms with Gasteiger partial charge < -0.3 is 4.74 Å². The number of carbonyl (C=O) groups excluding carboxylic acids is 1.